The average molecular weight is 411 g/mol. The summed E-state index contributed by atoms with van der Waals surface area (Å²) in [4.78, 5) is 13.6. The lowest BCUT2D eigenvalue weighted by molar-refractivity contribution is -0.0500. The summed E-state index contributed by atoms with van der Waals surface area (Å²) in [6.45, 7) is 5.51. The van der Waals surface area contributed by atoms with E-state index in [-0.39, 0.29) is 12.3 Å². The summed E-state index contributed by atoms with van der Waals surface area (Å²) in [5.74, 6) is -0.744. The number of hydrogen-bond donors (Lipinski definition) is 0. The highest BCUT2D eigenvalue weighted by Crippen LogP contribution is 2.37. The Labute approximate surface area is 155 Å². The Hall–Kier alpha value is -2.17. The molecule has 1 aliphatic rings. The van der Waals surface area contributed by atoms with Crippen molar-refractivity contribution in [3.05, 3.63) is 23.3 Å². The molecule has 0 saturated heterocycles. The summed E-state index contributed by atoms with van der Waals surface area (Å²) in [5, 5.41) is 0. The molecule has 0 saturated carbocycles. The third-order valence-corrected chi connectivity index (χ3v) is 4.60. The van der Waals surface area contributed by atoms with E-state index in [1.165, 1.54) is 18.1 Å². The van der Waals surface area contributed by atoms with Crippen molar-refractivity contribution >= 4 is 16.2 Å². The van der Waals surface area contributed by atoms with E-state index in [4.69, 9.17) is 9.47 Å². The van der Waals surface area contributed by atoms with Crippen molar-refractivity contribution in [3.8, 4) is 11.5 Å². The largest absolute Gasteiger partial charge is 0.534 e. The van der Waals surface area contributed by atoms with E-state index in [0.29, 0.717) is 24.1 Å². The lowest BCUT2D eigenvalue weighted by Gasteiger charge is -2.31. The first kappa shape index (κ1) is 21.1. The van der Waals surface area contributed by atoms with Crippen LogP contribution < -0.4 is 8.92 Å². The smallest absolute Gasteiger partial charge is 0.493 e. The van der Waals surface area contributed by atoms with Gasteiger partial charge in [-0.05, 0) is 50.5 Å². The van der Waals surface area contributed by atoms with Gasteiger partial charge in [0.05, 0.1) is 7.11 Å². The maximum atomic E-state index is 12.6. The zero-order valence-corrected chi connectivity index (χ0v) is 16.0. The molecule has 0 N–H and O–H groups in total. The van der Waals surface area contributed by atoms with Crippen LogP contribution in [0.3, 0.4) is 0 Å². The molecule has 0 aliphatic carbocycles. The summed E-state index contributed by atoms with van der Waals surface area (Å²) in [5.41, 5.74) is -5.12. The number of alkyl halides is 3. The van der Waals surface area contributed by atoms with Crippen molar-refractivity contribution in [3.63, 3.8) is 0 Å². The van der Waals surface area contributed by atoms with Crippen molar-refractivity contribution in [2.45, 2.75) is 44.8 Å². The second kappa shape index (κ2) is 7.10. The van der Waals surface area contributed by atoms with Gasteiger partial charge in [-0.25, -0.2) is 4.79 Å². The van der Waals surface area contributed by atoms with E-state index >= 15 is 0 Å². The number of rotatable bonds is 3. The maximum absolute atomic E-state index is 12.6. The summed E-state index contributed by atoms with van der Waals surface area (Å²) in [6, 6.07) is 2.54. The number of carbonyl (C=O) groups is 1. The van der Waals surface area contributed by atoms with Gasteiger partial charge < -0.3 is 18.6 Å². The SMILES string of the molecule is COc1cc2c(cc1OS(=O)(=O)C(F)(F)F)CN(C(=O)OC(C)(C)C)CC2. The standard InChI is InChI=1S/C16H20F3NO6S/c1-15(2,3)25-14(21)20-6-5-10-7-12(24-4)13(8-11(10)9-20)26-27(22,23)16(17,18)19/h7-8H,5-6,9H2,1-4H3. The predicted molar refractivity (Wildman–Crippen MR) is 88.9 cm³/mol. The fourth-order valence-corrected chi connectivity index (χ4v) is 2.90. The first-order chi connectivity index (χ1) is 12.2. The van der Waals surface area contributed by atoms with Crippen LogP contribution in [-0.4, -0.2) is 44.2 Å². The molecule has 2 rings (SSSR count). The Balaban J connectivity index is 2.32. The molecule has 0 atom stereocenters. The van der Waals surface area contributed by atoms with Crippen LogP contribution in [-0.2, 0) is 27.8 Å². The minimum Gasteiger partial charge on any atom is -0.493 e. The minimum atomic E-state index is -5.85. The van der Waals surface area contributed by atoms with Crippen molar-refractivity contribution < 1.29 is 40.0 Å². The molecular weight excluding hydrogens is 391 g/mol. The Morgan fingerprint density at radius 1 is 1.11 bits per heavy atom. The van der Waals surface area contributed by atoms with E-state index in [9.17, 15) is 26.4 Å². The number of nitrogens with zero attached hydrogens (tertiary/aromatic N) is 1. The van der Waals surface area contributed by atoms with Crippen LogP contribution in [0.15, 0.2) is 12.1 Å². The summed E-state index contributed by atoms with van der Waals surface area (Å²) >= 11 is 0. The van der Waals surface area contributed by atoms with Crippen molar-refractivity contribution in [1.29, 1.82) is 0 Å². The third kappa shape index (κ3) is 4.96. The number of fused-ring (bicyclic) bond motifs is 1. The number of hydrogen-bond acceptors (Lipinski definition) is 6. The van der Waals surface area contributed by atoms with Crippen LogP contribution in [0.4, 0.5) is 18.0 Å². The highest BCUT2D eigenvalue weighted by atomic mass is 32.2. The second-order valence-corrected chi connectivity index (χ2v) is 8.44. The van der Waals surface area contributed by atoms with Crippen LogP contribution in [0.25, 0.3) is 0 Å². The summed E-state index contributed by atoms with van der Waals surface area (Å²) < 4.78 is 74.8. The second-order valence-electron chi connectivity index (χ2n) is 6.91. The zero-order chi connectivity index (χ0) is 20.6. The van der Waals surface area contributed by atoms with E-state index in [1.54, 1.807) is 20.8 Å². The van der Waals surface area contributed by atoms with E-state index in [1.807, 2.05) is 0 Å². The van der Waals surface area contributed by atoms with Crippen molar-refractivity contribution in [2.24, 2.45) is 0 Å². The van der Waals surface area contributed by atoms with Gasteiger partial charge in [-0.3, -0.25) is 0 Å². The van der Waals surface area contributed by atoms with Crippen LogP contribution in [0.2, 0.25) is 0 Å². The Kier molecular flexibility index (Phi) is 5.56. The van der Waals surface area contributed by atoms with Gasteiger partial charge in [0.2, 0.25) is 0 Å². The summed E-state index contributed by atoms with van der Waals surface area (Å²) in [7, 11) is -4.66. The van der Waals surface area contributed by atoms with Gasteiger partial charge in [-0.1, -0.05) is 0 Å². The number of halogens is 3. The third-order valence-electron chi connectivity index (χ3n) is 3.63. The van der Waals surface area contributed by atoms with Crippen LogP contribution in [0.5, 0.6) is 11.5 Å². The molecule has 0 radical (unpaired) electrons. The lowest BCUT2D eigenvalue weighted by atomic mass is 9.99. The molecule has 1 aromatic carbocycles. The first-order valence-corrected chi connectivity index (χ1v) is 9.33. The van der Waals surface area contributed by atoms with Gasteiger partial charge in [0, 0.05) is 13.1 Å². The van der Waals surface area contributed by atoms with E-state index < -0.39 is 33.1 Å². The molecule has 152 valence electrons. The van der Waals surface area contributed by atoms with Gasteiger partial charge in [-0.2, -0.15) is 21.6 Å². The first-order valence-electron chi connectivity index (χ1n) is 7.92. The van der Waals surface area contributed by atoms with Gasteiger partial charge in [0.25, 0.3) is 0 Å². The molecular formula is C16H20F3NO6S. The maximum Gasteiger partial charge on any atom is 0.534 e. The average Bonchev–Trinajstić information content (AvgIpc) is 2.50. The molecule has 0 spiro atoms. The monoisotopic (exact) mass is 411 g/mol. The van der Waals surface area contributed by atoms with Crippen LogP contribution in [0, 0.1) is 0 Å². The van der Waals surface area contributed by atoms with Gasteiger partial charge >= 0.3 is 21.7 Å². The molecule has 11 heteroatoms. The van der Waals surface area contributed by atoms with E-state index in [2.05, 4.69) is 4.18 Å². The van der Waals surface area contributed by atoms with Crippen molar-refractivity contribution in [2.75, 3.05) is 13.7 Å². The van der Waals surface area contributed by atoms with Crippen molar-refractivity contribution in [1.82, 2.24) is 4.90 Å². The number of benzene rings is 1. The Bertz CT molecular complexity index is 830. The molecule has 0 bridgehead atoms. The molecule has 1 heterocycles. The number of methoxy groups -OCH3 is 1. The predicted octanol–water partition coefficient (Wildman–Crippen LogP) is 3.22. The lowest BCUT2D eigenvalue weighted by Crippen LogP contribution is -2.39. The van der Waals surface area contributed by atoms with Crippen LogP contribution >= 0.6 is 0 Å². The molecule has 1 aromatic rings. The number of ether oxygens (including phenoxy) is 2. The highest BCUT2D eigenvalue weighted by molar-refractivity contribution is 7.88. The fourth-order valence-electron chi connectivity index (χ4n) is 2.44. The number of amides is 1. The number of carbonyl (C=O) groups excluding carboxylic acids is 1. The summed E-state index contributed by atoms with van der Waals surface area (Å²) in [6.07, 6.45) is -0.175. The molecule has 0 unspecified atom stereocenters. The minimum absolute atomic E-state index is 0.0384. The zero-order valence-electron chi connectivity index (χ0n) is 15.2. The molecule has 7 nitrogen and oxygen atoms in total. The van der Waals surface area contributed by atoms with Gasteiger partial charge in [-0.15, -0.1) is 0 Å². The Morgan fingerprint density at radius 2 is 1.70 bits per heavy atom. The highest BCUT2D eigenvalue weighted by Gasteiger charge is 2.49. The van der Waals surface area contributed by atoms with Crippen LogP contribution in [0.1, 0.15) is 31.9 Å². The topological polar surface area (TPSA) is 82.1 Å². The molecule has 0 fully saturated rings. The molecule has 1 amide bonds. The molecule has 0 aromatic heterocycles. The fraction of sp³-hybridized carbons (Fsp3) is 0.562. The van der Waals surface area contributed by atoms with Gasteiger partial charge in [0.1, 0.15) is 5.60 Å². The quantitative estimate of drug-likeness (QED) is 0.561. The Morgan fingerprint density at radius 3 is 2.22 bits per heavy atom. The molecule has 27 heavy (non-hydrogen) atoms. The normalized spacial score (nSPS) is 15.1. The van der Waals surface area contributed by atoms with E-state index in [0.717, 1.165) is 6.07 Å². The molecule has 1 aliphatic heterocycles. The van der Waals surface area contributed by atoms with Gasteiger partial charge in [0.15, 0.2) is 11.5 Å².